The maximum Gasteiger partial charge on any atom is 0.446 e. The fourth-order valence-electron chi connectivity index (χ4n) is 0.602. The number of nitrogens with zero attached hydrogens (tertiary/aromatic N) is 2. The lowest BCUT2D eigenvalue weighted by Gasteiger charge is -2.10. The first kappa shape index (κ1) is 16.3. The van der Waals surface area contributed by atoms with E-state index in [4.69, 9.17) is 4.84 Å². The average Bonchev–Trinajstić information content (AvgIpc) is 2.26. The summed E-state index contributed by atoms with van der Waals surface area (Å²) in [6.07, 6.45) is 3.49. The van der Waals surface area contributed by atoms with Gasteiger partial charge in [-0.2, -0.15) is 11.8 Å². The average molecular weight is 300 g/mol. The number of hydrogen-bond acceptors (Lipinski definition) is 7. The summed E-state index contributed by atoms with van der Waals surface area (Å²) >= 11 is 3.37. The lowest BCUT2D eigenvalue weighted by molar-refractivity contribution is 0.137. The summed E-state index contributed by atoms with van der Waals surface area (Å²) in [4.78, 5) is 16.1. The molecule has 0 aliphatic carbocycles. The van der Waals surface area contributed by atoms with E-state index in [1.165, 1.54) is 26.1 Å². The molecule has 0 spiro atoms. The van der Waals surface area contributed by atoms with Gasteiger partial charge in [-0.25, -0.2) is 9.10 Å². The van der Waals surface area contributed by atoms with E-state index in [1.807, 2.05) is 13.2 Å². The van der Waals surface area contributed by atoms with Crippen molar-refractivity contribution in [3.8, 4) is 0 Å². The SMILES string of the molecule is CSCCSC(C)=NOC(=O)N(C)SSC. The molecule has 0 aromatic heterocycles. The number of carbonyl (C=O) groups is 1. The zero-order valence-corrected chi connectivity index (χ0v) is 13.0. The molecule has 0 saturated carbocycles. The molecule has 0 heterocycles. The van der Waals surface area contributed by atoms with Gasteiger partial charge in [-0.15, -0.1) is 11.8 Å². The molecule has 0 saturated heterocycles. The van der Waals surface area contributed by atoms with Crippen LogP contribution in [0.25, 0.3) is 0 Å². The Morgan fingerprint density at radius 2 is 2.06 bits per heavy atom. The van der Waals surface area contributed by atoms with Gasteiger partial charge in [-0.3, -0.25) is 4.84 Å². The number of carbonyl (C=O) groups excluding carboxylic acids is 1. The molecule has 0 atom stereocenters. The fraction of sp³-hybridized carbons (Fsp3) is 0.750. The van der Waals surface area contributed by atoms with Gasteiger partial charge in [0.2, 0.25) is 0 Å². The quantitative estimate of drug-likeness (QED) is 0.142. The summed E-state index contributed by atoms with van der Waals surface area (Å²) < 4.78 is 1.40. The van der Waals surface area contributed by atoms with Crippen LogP contribution in [0.3, 0.4) is 0 Å². The Kier molecular flexibility index (Phi) is 10.7. The van der Waals surface area contributed by atoms with Crippen molar-refractivity contribution < 1.29 is 9.63 Å². The smallest absolute Gasteiger partial charge is 0.296 e. The van der Waals surface area contributed by atoms with Gasteiger partial charge in [0.05, 0.1) is 0 Å². The van der Waals surface area contributed by atoms with Gasteiger partial charge in [0.15, 0.2) is 0 Å². The monoisotopic (exact) mass is 300 g/mol. The minimum Gasteiger partial charge on any atom is -0.296 e. The molecule has 0 aromatic rings. The summed E-state index contributed by atoms with van der Waals surface area (Å²) in [6, 6.07) is 0. The lowest BCUT2D eigenvalue weighted by Crippen LogP contribution is -2.18. The van der Waals surface area contributed by atoms with Crippen LogP contribution >= 0.6 is 45.3 Å². The highest BCUT2D eigenvalue weighted by Gasteiger charge is 2.10. The molecule has 0 fully saturated rings. The lowest BCUT2D eigenvalue weighted by atomic mass is 10.9. The Balaban J connectivity index is 3.82. The Morgan fingerprint density at radius 1 is 1.38 bits per heavy atom. The van der Waals surface area contributed by atoms with Crippen molar-refractivity contribution in [1.82, 2.24) is 4.31 Å². The summed E-state index contributed by atoms with van der Waals surface area (Å²) in [7, 11) is 4.43. The molecular formula is C8H16N2O2S4. The molecule has 0 rings (SSSR count). The third-order valence-corrected chi connectivity index (χ3v) is 4.71. The van der Waals surface area contributed by atoms with Crippen molar-refractivity contribution in [2.24, 2.45) is 5.16 Å². The van der Waals surface area contributed by atoms with Crippen LogP contribution in [0.1, 0.15) is 6.92 Å². The highest BCUT2D eigenvalue weighted by molar-refractivity contribution is 8.75. The molecule has 16 heavy (non-hydrogen) atoms. The summed E-state index contributed by atoms with van der Waals surface area (Å²) in [5.74, 6) is 2.04. The van der Waals surface area contributed by atoms with Crippen molar-refractivity contribution in [2.45, 2.75) is 6.92 Å². The van der Waals surface area contributed by atoms with E-state index in [9.17, 15) is 4.79 Å². The van der Waals surface area contributed by atoms with Crippen LogP contribution in [-0.2, 0) is 4.84 Å². The number of oxime groups is 1. The number of amides is 1. The normalized spacial score (nSPS) is 11.4. The maximum absolute atomic E-state index is 11.3. The highest BCUT2D eigenvalue weighted by Crippen LogP contribution is 2.21. The van der Waals surface area contributed by atoms with E-state index < -0.39 is 6.09 Å². The summed E-state index contributed by atoms with van der Waals surface area (Å²) in [5.41, 5.74) is 0. The molecule has 1 amide bonds. The molecule has 94 valence electrons. The summed E-state index contributed by atoms with van der Waals surface area (Å²) in [5, 5.41) is 4.52. The molecule has 4 nitrogen and oxygen atoms in total. The minimum absolute atomic E-state index is 0.454. The molecule has 8 heteroatoms. The standard InChI is InChI=1S/C8H16N2O2S4/c1-7(15-6-5-13-3)9-12-8(11)10(2)16-14-4/h5-6H2,1-4H3. The van der Waals surface area contributed by atoms with Gasteiger partial charge in [0.1, 0.15) is 5.04 Å². The molecule has 0 radical (unpaired) electrons. The predicted octanol–water partition coefficient (Wildman–Crippen LogP) is 3.41. The topological polar surface area (TPSA) is 41.9 Å². The first-order valence-electron chi connectivity index (χ1n) is 4.43. The van der Waals surface area contributed by atoms with E-state index in [0.29, 0.717) is 0 Å². The van der Waals surface area contributed by atoms with Gasteiger partial charge in [0.25, 0.3) is 0 Å². The van der Waals surface area contributed by atoms with E-state index in [2.05, 4.69) is 11.4 Å². The van der Waals surface area contributed by atoms with Crippen molar-refractivity contribution in [3.05, 3.63) is 0 Å². The van der Waals surface area contributed by atoms with Crippen molar-refractivity contribution in [2.75, 3.05) is 31.1 Å². The molecule has 0 aromatic carbocycles. The van der Waals surface area contributed by atoms with Gasteiger partial charge in [-0.1, -0.05) is 15.9 Å². The van der Waals surface area contributed by atoms with Crippen LogP contribution in [0.2, 0.25) is 0 Å². The van der Waals surface area contributed by atoms with Crippen LogP contribution < -0.4 is 0 Å². The van der Waals surface area contributed by atoms with Crippen LogP contribution in [0.4, 0.5) is 4.79 Å². The zero-order valence-electron chi connectivity index (χ0n) is 9.76. The van der Waals surface area contributed by atoms with E-state index in [0.717, 1.165) is 16.5 Å². The third-order valence-electron chi connectivity index (χ3n) is 1.29. The van der Waals surface area contributed by atoms with Crippen molar-refractivity contribution in [3.63, 3.8) is 0 Å². The number of hydrogen-bond donors (Lipinski definition) is 0. The first-order chi connectivity index (χ1) is 7.61. The Bertz CT molecular complexity index is 238. The molecule has 0 bridgehead atoms. The zero-order chi connectivity index (χ0) is 12.4. The Hall–Kier alpha value is 0.340. The largest absolute Gasteiger partial charge is 0.446 e. The van der Waals surface area contributed by atoms with Crippen molar-refractivity contribution in [1.29, 1.82) is 0 Å². The molecule has 0 unspecified atom stereocenters. The Morgan fingerprint density at radius 3 is 2.62 bits per heavy atom. The molecule has 0 aliphatic rings. The van der Waals surface area contributed by atoms with Gasteiger partial charge in [0, 0.05) is 29.5 Å². The third kappa shape index (κ3) is 8.49. The van der Waals surface area contributed by atoms with Crippen LogP contribution in [0, 0.1) is 0 Å². The van der Waals surface area contributed by atoms with Crippen LogP contribution in [-0.4, -0.2) is 46.5 Å². The maximum atomic E-state index is 11.3. The molecule has 0 aliphatic heterocycles. The van der Waals surface area contributed by atoms with Crippen molar-refractivity contribution >= 4 is 56.4 Å². The van der Waals surface area contributed by atoms with E-state index >= 15 is 0 Å². The fourth-order valence-corrected chi connectivity index (χ4v) is 3.16. The first-order valence-corrected chi connectivity index (χ1v) is 9.33. The Labute approximate surface area is 113 Å². The molecule has 0 N–H and O–H groups in total. The number of thioether (sulfide) groups is 2. The summed E-state index contributed by atoms with van der Waals surface area (Å²) in [6.45, 7) is 1.83. The highest BCUT2D eigenvalue weighted by atomic mass is 33.1. The minimum atomic E-state index is -0.454. The van der Waals surface area contributed by atoms with Gasteiger partial charge in [-0.05, 0) is 19.4 Å². The molecular weight excluding hydrogens is 284 g/mol. The van der Waals surface area contributed by atoms with Gasteiger partial charge >= 0.3 is 6.09 Å². The number of rotatable bonds is 6. The second-order valence-electron chi connectivity index (χ2n) is 2.55. The second kappa shape index (κ2) is 10.5. The van der Waals surface area contributed by atoms with Crippen LogP contribution in [0.15, 0.2) is 5.16 Å². The van der Waals surface area contributed by atoms with Crippen LogP contribution in [0.5, 0.6) is 0 Å². The second-order valence-corrected chi connectivity index (χ2v) is 7.30. The van der Waals surface area contributed by atoms with Gasteiger partial charge < -0.3 is 0 Å². The van der Waals surface area contributed by atoms with E-state index in [1.54, 1.807) is 30.6 Å². The predicted molar refractivity (Wildman–Crippen MR) is 79.3 cm³/mol. The van der Waals surface area contributed by atoms with E-state index in [-0.39, 0.29) is 0 Å².